The summed E-state index contributed by atoms with van der Waals surface area (Å²) in [5.41, 5.74) is 3.23. The Morgan fingerprint density at radius 3 is 2.05 bits per heavy atom. The van der Waals surface area contributed by atoms with Gasteiger partial charge in [-0.25, -0.2) is 19.6 Å². The molecule has 0 spiro atoms. The zero-order valence-electron chi connectivity index (χ0n) is 35.1. The summed E-state index contributed by atoms with van der Waals surface area (Å²) in [6, 6.07) is 5.28. The number of anilines is 1. The van der Waals surface area contributed by atoms with Gasteiger partial charge in [0.1, 0.15) is 35.7 Å². The molecule has 2 aromatic rings. The predicted molar refractivity (Wildman–Crippen MR) is 220 cm³/mol. The van der Waals surface area contributed by atoms with Gasteiger partial charge in [-0.3, -0.25) is 14.1 Å². The van der Waals surface area contributed by atoms with Crippen LogP contribution in [0.3, 0.4) is 0 Å². The highest BCUT2D eigenvalue weighted by Gasteiger charge is 2.38. The van der Waals surface area contributed by atoms with E-state index in [1.807, 2.05) is 6.92 Å². The fraction of sp³-hybridized carbons (Fsp3) is 0.581. The summed E-state index contributed by atoms with van der Waals surface area (Å²) in [4.78, 5) is 59.2. The van der Waals surface area contributed by atoms with E-state index in [-0.39, 0.29) is 65.9 Å². The van der Waals surface area contributed by atoms with Crippen LogP contribution in [0.4, 0.5) is 5.82 Å². The Morgan fingerprint density at radius 2 is 1.48 bits per heavy atom. The topological polar surface area (TPSA) is 195 Å². The highest BCUT2D eigenvalue weighted by atomic mass is 32.2. The molecule has 0 radical (unpaired) electrons. The van der Waals surface area contributed by atoms with Crippen molar-refractivity contribution in [1.82, 2.24) is 10.3 Å². The van der Waals surface area contributed by atoms with Gasteiger partial charge in [0.05, 0.1) is 23.3 Å². The fourth-order valence-electron chi connectivity index (χ4n) is 8.94. The number of hydrogen-bond acceptors (Lipinski definition) is 10. The molecule has 0 bridgehead atoms. The van der Waals surface area contributed by atoms with Crippen molar-refractivity contribution < 1.29 is 46.6 Å². The number of nitrogens with one attached hydrogen (secondary N) is 3. The quantitative estimate of drug-likeness (QED) is 0.0482. The number of aromatic amines is 1. The van der Waals surface area contributed by atoms with Gasteiger partial charge in [-0.2, -0.15) is 8.42 Å². The Kier molecular flexibility index (Phi) is 14.8. The number of rotatable bonds is 14. The molecule has 4 atom stereocenters. The Hall–Kier alpha value is -4.31. The maximum atomic E-state index is 14.1. The van der Waals surface area contributed by atoms with E-state index in [1.54, 1.807) is 13.0 Å². The van der Waals surface area contributed by atoms with Gasteiger partial charge >= 0.3 is 5.97 Å². The van der Waals surface area contributed by atoms with Gasteiger partial charge < -0.3 is 25.1 Å². The molecule has 5 rings (SSSR count). The zero-order valence-corrected chi connectivity index (χ0v) is 36.0. The second-order valence-corrected chi connectivity index (χ2v) is 18.3. The van der Waals surface area contributed by atoms with Crippen molar-refractivity contribution in [3.63, 3.8) is 0 Å². The number of aliphatic imine (C=N–C) groups is 1. The molecule has 2 fully saturated rings. The average Bonchev–Trinajstić information content (AvgIpc) is 3.58. The molecule has 2 aliphatic carbocycles. The number of nitrogens with zero attached hydrogens (tertiary/aromatic N) is 1. The number of carbonyl (C=O) groups is 3. The number of esters is 1. The molecule has 2 saturated carbocycles. The molecular weight excluding hydrogens is 765 g/mol. The van der Waals surface area contributed by atoms with Gasteiger partial charge in [0.2, 0.25) is 11.8 Å². The monoisotopic (exact) mass is 824 g/mol. The lowest BCUT2D eigenvalue weighted by Gasteiger charge is -2.37. The van der Waals surface area contributed by atoms with E-state index < -0.39 is 22.0 Å². The second kappa shape index (κ2) is 19.2. The lowest BCUT2D eigenvalue weighted by atomic mass is 9.75. The molecular formula is C43H60N4O10S. The summed E-state index contributed by atoms with van der Waals surface area (Å²) in [7, 11) is -4.33. The molecule has 58 heavy (non-hydrogen) atoms. The van der Waals surface area contributed by atoms with E-state index in [4.69, 9.17) is 24.2 Å². The Morgan fingerprint density at radius 1 is 0.897 bits per heavy atom. The molecule has 1 aromatic heterocycles. The molecule has 3 aliphatic rings. The average molecular weight is 825 g/mol. The number of amides is 2. The smallest absolute Gasteiger partial charge is 0.342 e. The van der Waals surface area contributed by atoms with Crippen LogP contribution in [0.25, 0.3) is 6.08 Å². The first-order valence-corrected chi connectivity index (χ1v) is 21.8. The van der Waals surface area contributed by atoms with E-state index in [0.29, 0.717) is 64.2 Å². The number of allylic oxidation sites excluding steroid dienone is 1. The van der Waals surface area contributed by atoms with Crippen molar-refractivity contribution in [3.8, 4) is 5.75 Å². The molecule has 2 heterocycles. The zero-order chi connectivity index (χ0) is 42.5. The first kappa shape index (κ1) is 44.8. The maximum absolute atomic E-state index is 14.1. The third-order valence-electron chi connectivity index (χ3n) is 11.6. The van der Waals surface area contributed by atoms with E-state index >= 15 is 0 Å². The minimum absolute atomic E-state index is 0.0375. The molecule has 4 N–H and O–H groups in total. The number of ether oxygens (including phenoxy) is 2. The molecule has 4 unspecified atom stereocenters. The highest BCUT2D eigenvalue weighted by Crippen LogP contribution is 2.38. The summed E-state index contributed by atoms with van der Waals surface area (Å²) >= 11 is 0. The van der Waals surface area contributed by atoms with E-state index in [2.05, 4.69) is 57.2 Å². The molecule has 318 valence electrons. The van der Waals surface area contributed by atoms with Crippen molar-refractivity contribution in [2.45, 2.75) is 125 Å². The van der Waals surface area contributed by atoms with Crippen molar-refractivity contribution in [1.29, 1.82) is 0 Å². The van der Waals surface area contributed by atoms with Crippen molar-refractivity contribution in [2.24, 2.45) is 40.5 Å². The van der Waals surface area contributed by atoms with Crippen LogP contribution in [0.15, 0.2) is 51.0 Å². The molecule has 2 amide bonds. The van der Waals surface area contributed by atoms with Crippen molar-refractivity contribution in [3.05, 3.63) is 57.9 Å². The van der Waals surface area contributed by atoms with Crippen LogP contribution in [0.5, 0.6) is 5.75 Å². The first-order valence-electron chi connectivity index (χ1n) is 20.3. The largest absolute Gasteiger partial charge is 0.494 e. The van der Waals surface area contributed by atoms with Crippen molar-refractivity contribution in [2.75, 3.05) is 11.9 Å². The van der Waals surface area contributed by atoms with Gasteiger partial charge in [0, 0.05) is 24.6 Å². The molecule has 14 nitrogen and oxygen atoms in total. The summed E-state index contributed by atoms with van der Waals surface area (Å²) < 4.78 is 43.7. The number of aromatic nitrogens is 1. The fourth-order valence-corrected chi connectivity index (χ4v) is 9.42. The van der Waals surface area contributed by atoms with Gasteiger partial charge in [0.25, 0.3) is 10.1 Å². The van der Waals surface area contributed by atoms with Crippen LogP contribution in [-0.2, 0) is 45.6 Å². The first-order chi connectivity index (χ1) is 27.3. The van der Waals surface area contributed by atoms with E-state index in [1.165, 1.54) is 31.2 Å². The van der Waals surface area contributed by atoms with E-state index in [9.17, 15) is 27.4 Å². The minimum Gasteiger partial charge on any atom is -0.494 e. The van der Waals surface area contributed by atoms with Gasteiger partial charge in [-0.1, -0.05) is 41.5 Å². The number of H-pyrrole nitrogens is 1. The summed E-state index contributed by atoms with van der Waals surface area (Å²) in [6.07, 6.45) is 5.78. The number of hydrogen-bond donors (Lipinski definition) is 4. The second-order valence-electron chi connectivity index (χ2n) is 16.9. The van der Waals surface area contributed by atoms with Crippen LogP contribution in [-0.4, -0.2) is 60.4 Å². The summed E-state index contributed by atoms with van der Waals surface area (Å²) in [5.74, 6) is 1.84. The normalized spacial score (nSPS) is 27.0. The maximum Gasteiger partial charge on any atom is 0.342 e. The molecule has 1 aliphatic heterocycles. The molecule has 15 heteroatoms. The number of carbonyl (C=O) groups excluding carboxylic acids is 3. The third-order valence-corrected chi connectivity index (χ3v) is 12.5. The standard InChI is InChI=1S/C43H60N4O10S/c1-23-17-25(3)39(26(4)18-23)56-43(50)38-30(8)36(46-42(38)47-37(49)11-10-16-54-32-12-14-33(15-13-32)58(51,52)53)21-35-29(7)34(41(45-35)44-31(9)48)22-55-57-40-27(5)19-24(2)20-28(40)6/h12-15,21,23-28,39-40,45H,10-11,16-20,22H2,1-9H3,(H,44,48)(H,46,47,49)(H,51,52,53). The van der Waals surface area contributed by atoms with Crippen LogP contribution >= 0.6 is 0 Å². The molecule has 0 saturated heterocycles. The van der Waals surface area contributed by atoms with Gasteiger partial charge in [-0.05, 0) is 123 Å². The number of amidine groups is 1. The third kappa shape index (κ3) is 11.2. The van der Waals surface area contributed by atoms with Crippen LogP contribution in [0, 0.1) is 42.4 Å². The van der Waals surface area contributed by atoms with Crippen molar-refractivity contribution >= 4 is 45.6 Å². The van der Waals surface area contributed by atoms with Crippen LogP contribution in [0.2, 0.25) is 0 Å². The van der Waals surface area contributed by atoms with Gasteiger partial charge in [0.15, 0.2) is 0 Å². The van der Waals surface area contributed by atoms with Crippen LogP contribution < -0.4 is 15.4 Å². The summed E-state index contributed by atoms with van der Waals surface area (Å²) in [6.45, 7) is 18.3. The lowest BCUT2D eigenvalue weighted by molar-refractivity contribution is -0.354. The predicted octanol–water partition coefficient (Wildman–Crippen LogP) is 7.71. The Balaban J connectivity index is 1.35. The highest BCUT2D eigenvalue weighted by molar-refractivity contribution is 7.85. The van der Waals surface area contributed by atoms with E-state index in [0.717, 1.165) is 31.2 Å². The number of benzene rings is 1. The summed E-state index contributed by atoms with van der Waals surface area (Å²) in [5, 5.41) is 5.69. The molecule has 1 aromatic carbocycles. The van der Waals surface area contributed by atoms with Crippen LogP contribution in [0.1, 0.15) is 111 Å². The Labute approximate surface area is 342 Å². The SMILES string of the molecule is CC(=O)Nc1[nH]c(C=C2N=C(NC(=O)CCCOc3ccc(S(=O)(=O)O)cc3)C(C(=O)OC3C(C)CC(C)CC3C)=C2C)c(C)c1COOC1C(C)CC(C)CC1C. The Bertz CT molecular complexity index is 2010. The van der Waals surface area contributed by atoms with Gasteiger partial charge in [-0.15, -0.1) is 0 Å². The minimum atomic E-state index is -4.33. The lowest BCUT2D eigenvalue weighted by Crippen LogP contribution is -2.40.